The Hall–Kier alpha value is -3.56. The number of pyridine rings is 1. The first-order chi connectivity index (χ1) is 18.7. The minimum Gasteiger partial charge on any atom is -0.494 e. The zero-order valence-corrected chi connectivity index (χ0v) is 22.5. The molecule has 5 rings (SSSR count). The molecule has 1 amide bonds. The predicted molar refractivity (Wildman–Crippen MR) is 153 cm³/mol. The third kappa shape index (κ3) is 6.65. The van der Waals surface area contributed by atoms with Crippen LogP contribution in [0.1, 0.15) is 19.8 Å². The minimum atomic E-state index is -0.516. The molecule has 1 N–H and O–H groups in total. The third-order valence-corrected chi connectivity index (χ3v) is 7.56. The summed E-state index contributed by atoms with van der Waals surface area (Å²) in [6, 6.07) is 18.4. The topological polar surface area (TPSA) is 76.2 Å². The highest BCUT2D eigenvalue weighted by Gasteiger charge is 2.18. The molecular formula is C29H34N4O4S. The van der Waals surface area contributed by atoms with Crippen molar-refractivity contribution in [1.29, 1.82) is 0 Å². The monoisotopic (exact) mass is 534 g/mol. The standard InChI is InChI=1S/C29H34N4O4S/c1-2-30-29(34)37-21-36-28-11-9-22-8-10-23(20-25(22)31-28)35-18-4-3-13-32-14-16-33(17-15-32)26-6-5-7-27-24(26)12-19-38-27/h5-12,19-20H,2-4,13-18,21H2,1H3,(H,30,34). The van der Waals surface area contributed by atoms with Crippen molar-refractivity contribution in [2.45, 2.75) is 19.8 Å². The van der Waals surface area contributed by atoms with Crippen molar-refractivity contribution in [1.82, 2.24) is 15.2 Å². The first kappa shape index (κ1) is 26.1. The predicted octanol–water partition coefficient (Wildman–Crippen LogP) is 5.51. The van der Waals surface area contributed by atoms with Crippen LogP contribution in [0.15, 0.2) is 60.0 Å². The lowest BCUT2D eigenvalue weighted by molar-refractivity contribution is 0.0574. The molecule has 38 heavy (non-hydrogen) atoms. The number of amides is 1. The molecule has 1 saturated heterocycles. The van der Waals surface area contributed by atoms with Crippen molar-refractivity contribution < 1.29 is 19.0 Å². The maximum Gasteiger partial charge on any atom is 0.410 e. The number of nitrogens with zero attached hydrogens (tertiary/aromatic N) is 3. The number of carbonyl (C=O) groups is 1. The van der Waals surface area contributed by atoms with Crippen molar-refractivity contribution in [2.75, 3.05) is 57.6 Å². The summed E-state index contributed by atoms with van der Waals surface area (Å²) < 4.78 is 17.8. The van der Waals surface area contributed by atoms with Crippen molar-refractivity contribution in [3.05, 3.63) is 60.0 Å². The molecule has 0 aliphatic carbocycles. The van der Waals surface area contributed by atoms with Gasteiger partial charge < -0.3 is 24.4 Å². The maximum absolute atomic E-state index is 11.4. The van der Waals surface area contributed by atoms with Gasteiger partial charge in [-0.25, -0.2) is 9.78 Å². The van der Waals surface area contributed by atoms with Gasteiger partial charge >= 0.3 is 6.09 Å². The van der Waals surface area contributed by atoms with Crippen molar-refractivity contribution >= 4 is 44.1 Å². The van der Waals surface area contributed by atoms with Gasteiger partial charge in [0, 0.05) is 66.0 Å². The second kappa shape index (κ2) is 12.8. The van der Waals surface area contributed by atoms with Crippen molar-refractivity contribution in [3.63, 3.8) is 0 Å². The molecule has 2 aromatic heterocycles. The van der Waals surface area contributed by atoms with Crippen LogP contribution in [-0.2, 0) is 4.74 Å². The molecule has 0 unspecified atom stereocenters. The number of alkyl carbamates (subject to hydrolysis) is 1. The van der Waals surface area contributed by atoms with Crippen LogP contribution in [0.3, 0.4) is 0 Å². The summed E-state index contributed by atoms with van der Waals surface area (Å²) in [7, 11) is 0. The van der Waals surface area contributed by atoms with Gasteiger partial charge in [0.25, 0.3) is 0 Å². The molecule has 200 valence electrons. The van der Waals surface area contributed by atoms with Gasteiger partial charge in [-0.2, -0.15) is 0 Å². The zero-order chi connectivity index (χ0) is 26.2. The molecule has 3 heterocycles. The second-order valence-electron chi connectivity index (χ2n) is 9.22. The number of benzene rings is 2. The Morgan fingerprint density at radius 1 is 1.03 bits per heavy atom. The van der Waals surface area contributed by atoms with E-state index in [2.05, 4.69) is 49.7 Å². The highest BCUT2D eigenvalue weighted by molar-refractivity contribution is 7.17. The number of fused-ring (bicyclic) bond motifs is 2. The molecule has 9 heteroatoms. The van der Waals surface area contributed by atoms with E-state index in [0.717, 1.165) is 62.2 Å². The molecule has 2 aromatic carbocycles. The largest absolute Gasteiger partial charge is 0.494 e. The SMILES string of the molecule is CCNC(=O)OCOc1ccc2ccc(OCCCCN3CCN(c4cccc5sccc45)CC3)cc2n1. The summed E-state index contributed by atoms with van der Waals surface area (Å²) >= 11 is 1.81. The number of aromatic nitrogens is 1. The lowest BCUT2D eigenvalue weighted by atomic mass is 10.2. The molecule has 0 saturated carbocycles. The van der Waals surface area contributed by atoms with Crippen LogP contribution in [0.5, 0.6) is 11.6 Å². The highest BCUT2D eigenvalue weighted by Crippen LogP contribution is 2.31. The van der Waals surface area contributed by atoms with E-state index in [9.17, 15) is 4.79 Å². The first-order valence-electron chi connectivity index (χ1n) is 13.2. The summed E-state index contributed by atoms with van der Waals surface area (Å²) in [4.78, 5) is 21.0. The van der Waals surface area contributed by atoms with E-state index in [0.29, 0.717) is 19.0 Å². The highest BCUT2D eigenvalue weighted by atomic mass is 32.1. The van der Waals surface area contributed by atoms with Crippen LogP contribution >= 0.6 is 11.3 Å². The van der Waals surface area contributed by atoms with Crippen LogP contribution in [0.4, 0.5) is 10.5 Å². The molecule has 1 fully saturated rings. The third-order valence-electron chi connectivity index (χ3n) is 6.68. The summed E-state index contributed by atoms with van der Waals surface area (Å²) in [5, 5.41) is 7.09. The fourth-order valence-corrected chi connectivity index (χ4v) is 5.49. The lowest BCUT2D eigenvalue weighted by Crippen LogP contribution is -2.46. The van der Waals surface area contributed by atoms with Gasteiger partial charge in [0.2, 0.25) is 12.7 Å². The quantitative estimate of drug-likeness (QED) is 0.201. The van der Waals surface area contributed by atoms with Crippen LogP contribution in [0.2, 0.25) is 0 Å². The van der Waals surface area contributed by atoms with E-state index in [1.54, 1.807) is 6.07 Å². The number of ether oxygens (including phenoxy) is 3. The van der Waals surface area contributed by atoms with E-state index < -0.39 is 6.09 Å². The maximum atomic E-state index is 11.4. The summed E-state index contributed by atoms with van der Waals surface area (Å²) in [5.41, 5.74) is 2.14. The number of thiophene rings is 1. The van der Waals surface area contributed by atoms with E-state index in [1.165, 1.54) is 15.8 Å². The van der Waals surface area contributed by atoms with Gasteiger partial charge in [0.05, 0.1) is 12.1 Å². The summed E-state index contributed by atoms with van der Waals surface area (Å²) in [6.45, 7) is 8.22. The van der Waals surface area contributed by atoms with Crippen LogP contribution < -0.4 is 19.7 Å². The molecular weight excluding hydrogens is 500 g/mol. The molecule has 4 aromatic rings. The number of unbranched alkanes of at least 4 members (excludes halogenated alkanes) is 1. The number of piperazine rings is 1. The number of hydrogen-bond acceptors (Lipinski definition) is 8. The normalized spacial score (nSPS) is 14.1. The average Bonchev–Trinajstić information content (AvgIpc) is 3.43. The molecule has 0 radical (unpaired) electrons. The number of anilines is 1. The van der Waals surface area contributed by atoms with Crippen LogP contribution in [0.25, 0.3) is 21.0 Å². The molecule has 8 nitrogen and oxygen atoms in total. The van der Waals surface area contributed by atoms with Gasteiger partial charge in [0.15, 0.2) is 0 Å². The Kier molecular flexibility index (Phi) is 8.78. The van der Waals surface area contributed by atoms with Gasteiger partial charge in [-0.05, 0) is 68.1 Å². The molecule has 0 spiro atoms. The average molecular weight is 535 g/mol. The van der Waals surface area contributed by atoms with Gasteiger partial charge in [-0.15, -0.1) is 11.3 Å². The molecule has 0 bridgehead atoms. The molecule has 0 atom stereocenters. The smallest absolute Gasteiger partial charge is 0.410 e. The van der Waals surface area contributed by atoms with Gasteiger partial charge in [-0.1, -0.05) is 6.07 Å². The summed E-state index contributed by atoms with van der Waals surface area (Å²) in [6.07, 6.45) is 1.59. The van der Waals surface area contributed by atoms with Crippen LogP contribution in [0, 0.1) is 0 Å². The fraction of sp³-hybridized carbons (Fsp3) is 0.379. The van der Waals surface area contributed by atoms with E-state index in [1.807, 2.05) is 42.5 Å². The molecule has 1 aliphatic rings. The van der Waals surface area contributed by atoms with Crippen molar-refractivity contribution in [2.24, 2.45) is 0 Å². The van der Waals surface area contributed by atoms with Gasteiger partial charge in [-0.3, -0.25) is 4.90 Å². The van der Waals surface area contributed by atoms with E-state index in [4.69, 9.17) is 14.2 Å². The number of rotatable bonds is 11. The molecule has 1 aliphatic heterocycles. The first-order valence-corrected chi connectivity index (χ1v) is 14.1. The van der Waals surface area contributed by atoms with Crippen molar-refractivity contribution in [3.8, 4) is 11.6 Å². The fourth-order valence-electron chi connectivity index (χ4n) is 4.68. The zero-order valence-electron chi connectivity index (χ0n) is 21.7. The van der Waals surface area contributed by atoms with E-state index >= 15 is 0 Å². The van der Waals surface area contributed by atoms with E-state index in [-0.39, 0.29) is 6.79 Å². The number of hydrogen-bond donors (Lipinski definition) is 1. The number of nitrogens with one attached hydrogen (secondary N) is 1. The van der Waals surface area contributed by atoms with Crippen LogP contribution in [-0.4, -0.2) is 68.6 Å². The Bertz CT molecular complexity index is 1350. The Morgan fingerprint density at radius 2 is 1.89 bits per heavy atom. The number of carbonyl (C=O) groups excluding carboxylic acids is 1. The minimum absolute atomic E-state index is 0.194. The van der Waals surface area contributed by atoms with Gasteiger partial charge in [0.1, 0.15) is 5.75 Å². The summed E-state index contributed by atoms with van der Waals surface area (Å²) in [5.74, 6) is 1.18. The Labute approximate surface area is 227 Å². The second-order valence-corrected chi connectivity index (χ2v) is 10.2. The lowest BCUT2D eigenvalue weighted by Gasteiger charge is -2.36. The Morgan fingerprint density at radius 3 is 2.76 bits per heavy atom. The Balaban J connectivity index is 1.02.